The third-order valence-corrected chi connectivity index (χ3v) is 5.88. The van der Waals surface area contributed by atoms with E-state index in [0.29, 0.717) is 16.8 Å². The number of aryl methyl sites for hydroxylation is 1. The molecule has 0 aliphatic rings. The zero-order chi connectivity index (χ0) is 19.7. The number of nitrogen functional groups attached to an aromatic ring is 1. The predicted octanol–water partition coefficient (Wildman–Crippen LogP) is 4.59. The van der Waals surface area contributed by atoms with Gasteiger partial charge in [-0.2, -0.15) is 0 Å². The molecule has 0 aliphatic heterocycles. The van der Waals surface area contributed by atoms with Crippen molar-refractivity contribution in [3.63, 3.8) is 0 Å². The molecule has 0 amide bonds. The summed E-state index contributed by atoms with van der Waals surface area (Å²) in [7, 11) is -3.81. The van der Waals surface area contributed by atoms with E-state index in [1.54, 1.807) is 30.3 Å². The van der Waals surface area contributed by atoms with E-state index in [1.165, 1.54) is 0 Å². The van der Waals surface area contributed by atoms with E-state index < -0.39 is 10.0 Å². The van der Waals surface area contributed by atoms with Crippen molar-refractivity contribution < 1.29 is 8.42 Å². The van der Waals surface area contributed by atoms with Gasteiger partial charge in [-0.25, -0.2) is 13.4 Å². The minimum absolute atomic E-state index is 0.165. The predicted molar refractivity (Wildman–Crippen MR) is 114 cm³/mol. The molecule has 0 bridgehead atoms. The molecule has 4 aromatic rings. The summed E-state index contributed by atoms with van der Waals surface area (Å²) >= 11 is 0. The highest BCUT2D eigenvalue weighted by Crippen LogP contribution is 2.38. The van der Waals surface area contributed by atoms with Gasteiger partial charge in [0, 0.05) is 10.9 Å². The number of nitrogens with two attached hydrogens (primary N) is 1. The zero-order valence-corrected chi connectivity index (χ0v) is 16.1. The Morgan fingerprint density at radius 3 is 2.36 bits per heavy atom. The van der Waals surface area contributed by atoms with Crippen molar-refractivity contribution in [2.24, 2.45) is 0 Å². The number of sulfonamides is 1. The molecule has 28 heavy (non-hydrogen) atoms. The molecular formula is C22H19N3O2S. The summed E-state index contributed by atoms with van der Waals surface area (Å²) in [6, 6.07) is 23.4. The standard InChI is InChI=1S/C22H19N3O2S/c1-15-8-7-9-16(14-15)20-21(23)18-12-5-6-13-19(18)24-22(20)25-28(26,27)17-10-3-2-4-11-17/h2-14H,1H3,(H3,23,24,25). The van der Waals surface area contributed by atoms with Gasteiger partial charge in [-0.3, -0.25) is 4.72 Å². The van der Waals surface area contributed by atoms with E-state index in [0.717, 1.165) is 16.5 Å². The van der Waals surface area contributed by atoms with E-state index in [1.807, 2.05) is 55.5 Å². The highest BCUT2D eigenvalue weighted by molar-refractivity contribution is 7.92. The van der Waals surface area contributed by atoms with Crippen LogP contribution < -0.4 is 10.5 Å². The molecule has 0 saturated carbocycles. The summed E-state index contributed by atoms with van der Waals surface area (Å²) < 4.78 is 28.5. The molecule has 0 aliphatic carbocycles. The van der Waals surface area contributed by atoms with Crippen molar-refractivity contribution in [3.05, 3.63) is 84.4 Å². The summed E-state index contributed by atoms with van der Waals surface area (Å²) in [4.78, 5) is 4.75. The van der Waals surface area contributed by atoms with Crippen molar-refractivity contribution >= 4 is 32.4 Å². The Morgan fingerprint density at radius 1 is 0.893 bits per heavy atom. The van der Waals surface area contributed by atoms with E-state index in [2.05, 4.69) is 9.71 Å². The molecule has 0 unspecified atom stereocenters. The fourth-order valence-corrected chi connectivity index (χ4v) is 4.23. The summed E-state index contributed by atoms with van der Waals surface area (Å²) in [5.74, 6) is 0.214. The van der Waals surface area contributed by atoms with Gasteiger partial charge in [0.05, 0.1) is 16.1 Å². The van der Waals surface area contributed by atoms with Gasteiger partial charge in [0.15, 0.2) is 0 Å². The summed E-state index contributed by atoms with van der Waals surface area (Å²) in [5.41, 5.74) is 10.0. The minimum atomic E-state index is -3.81. The fourth-order valence-electron chi connectivity index (χ4n) is 3.19. The summed E-state index contributed by atoms with van der Waals surface area (Å²) in [6.07, 6.45) is 0. The molecule has 4 rings (SSSR count). The molecule has 6 heteroatoms. The highest BCUT2D eigenvalue weighted by atomic mass is 32.2. The van der Waals surface area contributed by atoms with E-state index >= 15 is 0 Å². The third-order valence-electron chi connectivity index (χ3n) is 4.52. The molecule has 0 atom stereocenters. The topological polar surface area (TPSA) is 85.1 Å². The van der Waals surface area contributed by atoms with Crippen LogP contribution in [0.3, 0.4) is 0 Å². The lowest BCUT2D eigenvalue weighted by molar-refractivity contribution is 0.601. The van der Waals surface area contributed by atoms with Crippen molar-refractivity contribution in [1.29, 1.82) is 0 Å². The number of pyridine rings is 1. The van der Waals surface area contributed by atoms with Gasteiger partial charge in [0.1, 0.15) is 5.82 Å². The molecule has 140 valence electrons. The maximum atomic E-state index is 12.9. The van der Waals surface area contributed by atoms with Crippen molar-refractivity contribution in [3.8, 4) is 11.1 Å². The Hall–Kier alpha value is -3.38. The van der Waals surface area contributed by atoms with Crippen LogP contribution in [0.4, 0.5) is 11.5 Å². The van der Waals surface area contributed by atoms with E-state index in [4.69, 9.17) is 5.73 Å². The first-order chi connectivity index (χ1) is 13.5. The van der Waals surface area contributed by atoms with Crippen LogP contribution in [0.15, 0.2) is 83.8 Å². The second kappa shape index (κ2) is 6.98. The molecular weight excluding hydrogens is 370 g/mol. The Morgan fingerprint density at radius 2 is 1.61 bits per heavy atom. The maximum Gasteiger partial charge on any atom is 0.263 e. The van der Waals surface area contributed by atoms with Crippen LogP contribution in [0.2, 0.25) is 0 Å². The Balaban J connectivity index is 1.95. The summed E-state index contributed by atoms with van der Waals surface area (Å²) in [6.45, 7) is 1.97. The number of nitrogens with one attached hydrogen (secondary N) is 1. The van der Waals surface area contributed by atoms with Gasteiger partial charge in [-0.1, -0.05) is 66.2 Å². The number of aromatic nitrogens is 1. The van der Waals surface area contributed by atoms with Crippen LogP contribution >= 0.6 is 0 Å². The van der Waals surface area contributed by atoms with Gasteiger partial charge in [0.25, 0.3) is 10.0 Å². The molecule has 0 saturated heterocycles. The second-order valence-corrected chi connectivity index (χ2v) is 8.24. The largest absolute Gasteiger partial charge is 0.398 e. The molecule has 3 aromatic carbocycles. The lowest BCUT2D eigenvalue weighted by atomic mass is 10.00. The van der Waals surface area contributed by atoms with Crippen LogP contribution in [0.1, 0.15) is 5.56 Å². The first-order valence-corrected chi connectivity index (χ1v) is 10.3. The van der Waals surface area contributed by atoms with Gasteiger partial charge in [0.2, 0.25) is 0 Å². The number of fused-ring (bicyclic) bond motifs is 1. The Bertz CT molecular complexity index is 1270. The lowest BCUT2D eigenvalue weighted by Crippen LogP contribution is -2.15. The normalized spacial score (nSPS) is 11.5. The first-order valence-electron chi connectivity index (χ1n) is 8.79. The number of anilines is 2. The number of nitrogens with zero attached hydrogens (tertiary/aromatic N) is 1. The number of benzene rings is 3. The van der Waals surface area contributed by atoms with Crippen LogP contribution in [-0.4, -0.2) is 13.4 Å². The molecule has 0 fully saturated rings. The van der Waals surface area contributed by atoms with Crippen LogP contribution in [0.25, 0.3) is 22.0 Å². The van der Waals surface area contributed by atoms with Gasteiger partial charge < -0.3 is 5.73 Å². The maximum absolute atomic E-state index is 12.9. The quantitative estimate of drug-likeness (QED) is 0.534. The molecule has 1 aromatic heterocycles. The van der Waals surface area contributed by atoms with Crippen LogP contribution in [0.5, 0.6) is 0 Å². The molecule has 5 nitrogen and oxygen atoms in total. The van der Waals surface area contributed by atoms with Crippen molar-refractivity contribution in [1.82, 2.24) is 4.98 Å². The number of rotatable bonds is 4. The SMILES string of the molecule is Cc1cccc(-c2c(NS(=O)(=O)c3ccccc3)nc3ccccc3c2N)c1. The monoisotopic (exact) mass is 389 g/mol. The average molecular weight is 389 g/mol. The van der Waals surface area contributed by atoms with E-state index in [9.17, 15) is 8.42 Å². The molecule has 3 N–H and O–H groups in total. The second-order valence-electron chi connectivity index (χ2n) is 6.55. The fraction of sp³-hybridized carbons (Fsp3) is 0.0455. The minimum Gasteiger partial charge on any atom is -0.398 e. The average Bonchev–Trinajstić information content (AvgIpc) is 2.69. The van der Waals surface area contributed by atoms with Gasteiger partial charge in [-0.05, 0) is 30.7 Å². The highest BCUT2D eigenvalue weighted by Gasteiger charge is 2.21. The smallest absolute Gasteiger partial charge is 0.263 e. The number of hydrogen-bond acceptors (Lipinski definition) is 4. The lowest BCUT2D eigenvalue weighted by Gasteiger charge is -2.16. The van der Waals surface area contributed by atoms with Gasteiger partial charge >= 0.3 is 0 Å². The number of para-hydroxylation sites is 1. The molecule has 1 heterocycles. The van der Waals surface area contributed by atoms with Crippen molar-refractivity contribution in [2.45, 2.75) is 11.8 Å². The van der Waals surface area contributed by atoms with Crippen molar-refractivity contribution in [2.75, 3.05) is 10.5 Å². The van der Waals surface area contributed by atoms with Crippen LogP contribution in [0, 0.1) is 6.92 Å². The van der Waals surface area contributed by atoms with Gasteiger partial charge in [-0.15, -0.1) is 0 Å². The van der Waals surface area contributed by atoms with E-state index in [-0.39, 0.29) is 10.7 Å². The number of hydrogen-bond donors (Lipinski definition) is 2. The first kappa shape index (κ1) is 18.0. The molecule has 0 radical (unpaired) electrons. The Labute approximate surface area is 163 Å². The van der Waals surface area contributed by atoms with Crippen LogP contribution in [-0.2, 0) is 10.0 Å². The zero-order valence-electron chi connectivity index (χ0n) is 15.3. The third kappa shape index (κ3) is 3.30. The molecule has 0 spiro atoms. The summed E-state index contributed by atoms with van der Waals surface area (Å²) in [5, 5.41) is 0.779. The Kier molecular flexibility index (Phi) is 4.49.